The van der Waals surface area contributed by atoms with E-state index >= 15 is 0 Å². The largest absolute Gasteiger partial charge is 0.435 e. The van der Waals surface area contributed by atoms with E-state index in [1.807, 2.05) is 13.8 Å². The molecule has 1 aliphatic heterocycles. The Morgan fingerprint density at radius 3 is 2.43 bits per heavy atom. The molecule has 1 aliphatic rings. The van der Waals surface area contributed by atoms with Crippen LogP contribution in [-0.2, 0) is 10.8 Å². The third kappa shape index (κ3) is 3.88. The number of ether oxygens (including phenoxy) is 1. The summed E-state index contributed by atoms with van der Waals surface area (Å²) >= 11 is 0. The van der Waals surface area contributed by atoms with Gasteiger partial charge in [0.1, 0.15) is 5.75 Å². The van der Waals surface area contributed by atoms with E-state index in [1.165, 1.54) is 24.3 Å². The van der Waals surface area contributed by atoms with Crippen LogP contribution in [0.3, 0.4) is 0 Å². The molecule has 4 nitrogen and oxygen atoms in total. The zero-order chi connectivity index (χ0) is 17.0. The molecule has 128 valence electrons. The van der Waals surface area contributed by atoms with Crippen molar-refractivity contribution in [3.05, 3.63) is 29.8 Å². The number of carbonyl (C=O) groups excluding carboxylic acids is 1. The topological polar surface area (TPSA) is 46.6 Å². The highest BCUT2D eigenvalue weighted by Crippen LogP contribution is 2.29. The van der Waals surface area contributed by atoms with Gasteiger partial charge in [0, 0.05) is 35.2 Å². The lowest BCUT2D eigenvalue weighted by Gasteiger charge is -2.41. The maximum atomic E-state index is 12.6. The van der Waals surface area contributed by atoms with Crippen molar-refractivity contribution >= 4 is 16.7 Å². The van der Waals surface area contributed by atoms with E-state index in [2.05, 4.69) is 4.74 Å². The van der Waals surface area contributed by atoms with Crippen LogP contribution in [0.25, 0.3) is 0 Å². The van der Waals surface area contributed by atoms with Crippen LogP contribution in [0.15, 0.2) is 24.3 Å². The molecule has 0 saturated carbocycles. The number of rotatable bonds is 5. The fourth-order valence-electron chi connectivity index (χ4n) is 2.84. The van der Waals surface area contributed by atoms with Crippen molar-refractivity contribution in [1.82, 2.24) is 4.90 Å². The van der Waals surface area contributed by atoms with Crippen LogP contribution in [0, 0.1) is 0 Å². The number of nitrogens with zero attached hydrogens (tertiary/aromatic N) is 1. The predicted octanol–water partition coefficient (Wildman–Crippen LogP) is 3.05. The van der Waals surface area contributed by atoms with Crippen molar-refractivity contribution in [2.24, 2.45) is 0 Å². The summed E-state index contributed by atoms with van der Waals surface area (Å²) in [5, 5.41) is 0. The van der Waals surface area contributed by atoms with E-state index in [0.29, 0.717) is 24.4 Å². The van der Waals surface area contributed by atoms with Crippen LogP contribution < -0.4 is 4.74 Å². The summed E-state index contributed by atoms with van der Waals surface area (Å²) in [7, 11) is -0.938. The first-order chi connectivity index (χ1) is 10.9. The standard InChI is InChI=1S/C16H21F2NO3S/c1-3-16(4-2)11-19(9-10-23(16)21)14(20)12-5-7-13(8-6-12)22-15(17)18/h5-8,15H,3-4,9-11H2,1-2H3. The van der Waals surface area contributed by atoms with E-state index in [4.69, 9.17) is 0 Å². The van der Waals surface area contributed by atoms with Gasteiger partial charge in [0.2, 0.25) is 0 Å². The maximum absolute atomic E-state index is 12.6. The Hall–Kier alpha value is -1.50. The summed E-state index contributed by atoms with van der Waals surface area (Å²) in [5.41, 5.74) is 0.417. The summed E-state index contributed by atoms with van der Waals surface area (Å²) in [4.78, 5) is 14.3. The molecule has 0 spiro atoms. The molecule has 1 atom stereocenters. The third-order valence-electron chi connectivity index (χ3n) is 4.41. The lowest BCUT2D eigenvalue weighted by molar-refractivity contribution is -0.0498. The summed E-state index contributed by atoms with van der Waals surface area (Å²) in [6.45, 7) is 2.00. The van der Waals surface area contributed by atoms with Gasteiger partial charge in [-0.15, -0.1) is 0 Å². The Morgan fingerprint density at radius 1 is 1.30 bits per heavy atom. The molecule has 0 aliphatic carbocycles. The zero-order valence-electron chi connectivity index (χ0n) is 13.3. The zero-order valence-corrected chi connectivity index (χ0v) is 14.1. The molecule has 1 unspecified atom stereocenters. The highest BCUT2D eigenvalue weighted by Gasteiger charge is 2.40. The summed E-state index contributed by atoms with van der Waals surface area (Å²) in [6.07, 6.45) is 1.50. The number of alkyl halides is 2. The monoisotopic (exact) mass is 345 g/mol. The second-order valence-corrected chi connectivity index (χ2v) is 7.53. The molecular formula is C16H21F2NO3S. The van der Waals surface area contributed by atoms with Crippen LogP contribution in [0.1, 0.15) is 37.0 Å². The minimum absolute atomic E-state index is 0.0211. The normalized spacial score (nSPS) is 20.6. The predicted molar refractivity (Wildman–Crippen MR) is 85.3 cm³/mol. The summed E-state index contributed by atoms with van der Waals surface area (Å²) < 4.78 is 40.5. The van der Waals surface area contributed by atoms with Gasteiger partial charge in [0.15, 0.2) is 0 Å². The van der Waals surface area contributed by atoms with Crippen molar-refractivity contribution in [1.29, 1.82) is 0 Å². The van der Waals surface area contributed by atoms with Gasteiger partial charge in [0.05, 0.1) is 4.75 Å². The van der Waals surface area contributed by atoms with E-state index in [-0.39, 0.29) is 16.4 Å². The van der Waals surface area contributed by atoms with Gasteiger partial charge in [0.25, 0.3) is 5.91 Å². The molecule has 1 heterocycles. The lowest BCUT2D eigenvalue weighted by atomic mass is 10.0. The Bertz CT molecular complexity index is 573. The minimum atomic E-state index is -2.89. The van der Waals surface area contributed by atoms with E-state index < -0.39 is 17.4 Å². The fraction of sp³-hybridized carbons (Fsp3) is 0.562. The molecule has 1 aromatic carbocycles. The highest BCUT2D eigenvalue weighted by atomic mass is 32.2. The van der Waals surface area contributed by atoms with Crippen LogP contribution >= 0.6 is 0 Å². The minimum Gasteiger partial charge on any atom is -0.435 e. The first-order valence-electron chi connectivity index (χ1n) is 7.64. The fourth-order valence-corrected chi connectivity index (χ4v) is 4.60. The van der Waals surface area contributed by atoms with Crippen molar-refractivity contribution in [3.8, 4) is 5.75 Å². The number of hydrogen-bond donors (Lipinski definition) is 0. The number of halogens is 2. The Balaban J connectivity index is 2.12. The van der Waals surface area contributed by atoms with Gasteiger partial charge in [-0.1, -0.05) is 13.8 Å². The molecule has 7 heteroatoms. The molecular weight excluding hydrogens is 324 g/mol. The SMILES string of the molecule is CCC1(CC)CN(C(=O)c2ccc(OC(F)F)cc2)CCS1=O. The molecule has 1 fully saturated rings. The molecule has 1 aromatic rings. The smallest absolute Gasteiger partial charge is 0.387 e. The lowest BCUT2D eigenvalue weighted by Crippen LogP contribution is -2.54. The first kappa shape index (κ1) is 17.8. The Kier molecular flexibility index (Phi) is 5.73. The van der Waals surface area contributed by atoms with Crippen molar-refractivity contribution in [2.75, 3.05) is 18.8 Å². The van der Waals surface area contributed by atoms with Gasteiger partial charge in [-0.05, 0) is 37.1 Å². The molecule has 0 bridgehead atoms. The molecule has 0 aromatic heterocycles. The van der Waals surface area contributed by atoms with Crippen LogP contribution in [0.5, 0.6) is 5.75 Å². The second kappa shape index (κ2) is 7.38. The first-order valence-corrected chi connectivity index (χ1v) is 8.96. The average Bonchev–Trinajstić information content (AvgIpc) is 2.55. The molecule has 23 heavy (non-hydrogen) atoms. The summed E-state index contributed by atoms with van der Waals surface area (Å²) in [6, 6.07) is 5.67. The Morgan fingerprint density at radius 2 is 1.91 bits per heavy atom. The molecule has 0 radical (unpaired) electrons. The number of carbonyl (C=O) groups is 1. The molecule has 0 N–H and O–H groups in total. The van der Waals surface area contributed by atoms with Crippen molar-refractivity contribution < 1.29 is 22.5 Å². The van der Waals surface area contributed by atoms with E-state index in [9.17, 15) is 17.8 Å². The maximum Gasteiger partial charge on any atom is 0.387 e. The Labute approximate surface area is 137 Å². The van der Waals surface area contributed by atoms with Crippen molar-refractivity contribution in [3.63, 3.8) is 0 Å². The molecule has 1 amide bonds. The number of hydrogen-bond acceptors (Lipinski definition) is 3. The molecule has 1 saturated heterocycles. The van der Waals surface area contributed by atoms with Crippen LogP contribution in [-0.4, -0.2) is 45.2 Å². The van der Waals surface area contributed by atoms with Gasteiger partial charge in [-0.3, -0.25) is 9.00 Å². The van der Waals surface area contributed by atoms with Gasteiger partial charge in [-0.25, -0.2) is 0 Å². The molecule has 2 rings (SSSR count). The van der Waals surface area contributed by atoms with E-state index in [1.54, 1.807) is 4.90 Å². The van der Waals surface area contributed by atoms with Gasteiger partial charge >= 0.3 is 6.61 Å². The van der Waals surface area contributed by atoms with Gasteiger partial charge < -0.3 is 9.64 Å². The third-order valence-corrected chi connectivity index (χ3v) is 6.64. The average molecular weight is 345 g/mol. The second-order valence-electron chi connectivity index (χ2n) is 5.57. The van der Waals surface area contributed by atoms with Gasteiger partial charge in [-0.2, -0.15) is 8.78 Å². The number of benzene rings is 1. The van der Waals surface area contributed by atoms with E-state index in [0.717, 1.165) is 12.8 Å². The number of amides is 1. The summed E-state index contributed by atoms with van der Waals surface area (Å²) in [5.74, 6) is 0.323. The van der Waals surface area contributed by atoms with Crippen LogP contribution in [0.4, 0.5) is 8.78 Å². The highest BCUT2D eigenvalue weighted by molar-refractivity contribution is 7.86. The van der Waals surface area contributed by atoms with Crippen LogP contribution in [0.2, 0.25) is 0 Å². The quantitative estimate of drug-likeness (QED) is 0.824. The van der Waals surface area contributed by atoms with Crippen molar-refractivity contribution in [2.45, 2.75) is 38.0 Å².